The van der Waals surface area contributed by atoms with Gasteiger partial charge in [-0.3, -0.25) is 9.59 Å². The first-order chi connectivity index (χ1) is 23.1. The maximum atomic E-state index is 11.7. The summed E-state index contributed by atoms with van der Waals surface area (Å²) in [5.41, 5.74) is 3.73. The Morgan fingerprint density at radius 1 is 1.00 bits per heavy atom. The van der Waals surface area contributed by atoms with Crippen molar-refractivity contribution in [3.8, 4) is 11.5 Å². The third-order valence-corrected chi connectivity index (χ3v) is 9.11. The van der Waals surface area contributed by atoms with Crippen molar-refractivity contribution in [1.29, 1.82) is 0 Å². The summed E-state index contributed by atoms with van der Waals surface area (Å²) in [7, 11) is 0. The molecule has 2 atom stereocenters. The number of halogens is 3. The number of imidazole rings is 1. The standard InChI is InChI=1S/C36H39Cl2N4O6.BrH/c1-25-18-28(4-11-35(25)47-27(3)44)20-39-12-13-40(24-39)23-36(33-10-5-29(37)19-34(33)38)46-22-32(48-36)21-45-31-8-6-30(7-9-31)42-16-14-41(15-17-42)26(2)43;/h4-13,18-19,24,32H,14-17,20-23H2,1-3H3;1H/q+1;/p-1. The van der Waals surface area contributed by atoms with Crippen LogP contribution in [-0.4, -0.2) is 66.8 Å². The van der Waals surface area contributed by atoms with E-state index in [4.69, 9.17) is 42.1 Å². The third-order valence-electron chi connectivity index (χ3n) is 8.56. The van der Waals surface area contributed by atoms with Crippen LogP contribution in [0.4, 0.5) is 5.69 Å². The van der Waals surface area contributed by atoms with Gasteiger partial charge in [-0.05, 0) is 66.6 Å². The molecule has 2 unspecified atom stereocenters. The first kappa shape index (κ1) is 36.7. The average molecular weight is 775 g/mol. The molecule has 0 N–H and O–H groups in total. The van der Waals surface area contributed by atoms with Gasteiger partial charge in [-0.25, -0.2) is 9.13 Å². The highest BCUT2D eigenvalue weighted by molar-refractivity contribution is 6.35. The number of anilines is 1. The summed E-state index contributed by atoms with van der Waals surface area (Å²) >= 11 is 13.0. The maximum absolute atomic E-state index is 11.7. The summed E-state index contributed by atoms with van der Waals surface area (Å²) in [5.74, 6) is -0.103. The van der Waals surface area contributed by atoms with Crippen LogP contribution in [0.15, 0.2) is 79.4 Å². The molecule has 0 saturated carbocycles. The number of esters is 1. The smallest absolute Gasteiger partial charge is 0.308 e. The molecule has 3 aromatic carbocycles. The molecule has 1 amide bonds. The quantitative estimate of drug-likeness (QED) is 0.139. The molecule has 6 rings (SSSR count). The predicted octanol–water partition coefficient (Wildman–Crippen LogP) is 2.38. The lowest BCUT2D eigenvalue weighted by Crippen LogP contribution is -3.00. The number of amides is 1. The summed E-state index contributed by atoms with van der Waals surface area (Å²) in [6.07, 6.45) is 5.58. The SMILES string of the molecule is CC(=O)Oc1ccc(C[n+]2ccn(CC3(c4ccc(Cl)cc4Cl)OCC(COc4ccc(N5CCN(C(C)=O)CC5)cc4)O3)c2)cc1C.[Br-]. The lowest BCUT2D eigenvalue weighted by atomic mass is 10.1. The molecule has 10 nitrogen and oxygen atoms in total. The minimum atomic E-state index is -1.17. The number of hydrogen-bond donors (Lipinski definition) is 0. The number of hydrogen-bond acceptors (Lipinski definition) is 7. The van der Waals surface area contributed by atoms with E-state index in [0.717, 1.165) is 48.7 Å². The Morgan fingerprint density at radius 3 is 2.43 bits per heavy atom. The van der Waals surface area contributed by atoms with Crippen LogP contribution in [0.5, 0.6) is 11.5 Å². The van der Waals surface area contributed by atoms with E-state index in [1.54, 1.807) is 19.1 Å². The van der Waals surface area contributed by atoms with E-state index < -0.39 is 5.79 Å². The molecule has 2 aliphatic heterocycles. The number of piperazine rings is 1. The number of benzene rings is 3. The number of carbonyl (C=O) groups excluding carboxylic acids is 2. The largest absolute Gasteiger partial charge is 1.00 e. The van der Waals surface area contributed by atoms with Gasteiger partial charge in [-0.15, -0.1) is 0 Å². The fraction of sp³-hybridized carbons (Fsp3) is 0.361. The fourth-order valence-corrected chi connectivity index (χ4v) is 6.69. The molecule has 4 aromatic rings. The van der Waals surface area contributed by atoms with Crippen molar-refractivity contribution >= 4 is 40.8 Å². The van der Waals surface area contributed by atoms with E-state index in [-0.39, 0.29) is 41.6 Å². The van der Waals surface area contributed by atoms with Gasteiger partial charge in [-0.2, -0.15) is 0 Å². The molecule has 13 heteroatoms. The minimum absolute atomic E-state index is 0. The van der Waals surface area contributed by atoms with Gasteiger partial charge in [0.15, 0.2) is 0 Å². The highest BCUT2D eigenvalue weighted by Crippen LogP contribution is 2.40. The molecule has 2 saturated heterocycles. The second-order valence-electron chi connectivity index (χ2n) is 12.2. The zero-order valence-electron chi connectivity index (χ0n) is 27.6. The van der Waals surface area contributed by atoms with Gasteiger partial charge in [0, 0.05) is 56.3 Å². The van der Waals surface area contributed by atoms with Crippen LogP contribution in [0.25, 0.3) is 0 Å². The minimum Gasteiger partial charge on any atom is -1.00 e. The first-order valence-electron chi connectivity index (χ1n) is 15.9. The van der Waals surface area contributed by atoms with E-state index in [9.17, 15) is 9.59 Å². The molecule has 0 spiro atoms. The van der Waals surface area contributed by atoms with E-state index >= 15 is 0 Å². The van der Waals surface area contributed by atoms with Crippen LogP contribution < -0.4 is 35.9 Å². The van der Waals surface area contributed by atoms with Crippen molar-refractivity contribution in [2.45, 2.75) is 45.8 Å². The summed E-state index contributed by atoms with van der Waals surface area (Å²) in [4.78, 5) is 27.2. The highest BCUT2D eigenvalue weighted by atomic mass is 79.9. The summed E-state index contributed by atoms with van der Waals surface area (Å²) < 4.78 is 28.5. The van der Waals surface area contributed by atoms with Crippen LogP contribution in [0.1, 0.15) is 30.5 Å². The zero-order chi connectivity index (χ0) is 33.8. The molecule has 1 aromatic heterocycles. The average Bonchev–Trinajstić information content (AvgIpc) is 3.68. The van der Waals surface area contributed by atoms with Gasteiger partial charge in [-0.1, -0.05) is 35.3 Å². The lowest BCUT2D eigenvalue weighted by molar-refractivity contribution is -0.688. The number of aromatic nitrogens is 2. The Hall–Kier alpha value is -3.61. The molecule has 2 fully saturated rings. The fourth-order valence-electron chi connectivity index (χ4n) is 6.13. The molecule has 0 aliphatic carbocycles. The van der Waals surface area contributed by atoms with Crippen LogP contribution >= 0.6 is 23.2 Å². The lowest BCUT2D eigenvalue weighted by Gasteiger charge is -2.35. The van der Waals surface area contributed by atoms with Crippen molar-refractivity contribution in [3.05, 3.63) is 106 Å². The Labute approximate surface area is 306 Å². The van der Waals surface area contributed by atoms with E-state index in [1.807, 2.05) is 83.6 Å². The number of carbonyl (C=O) groups is 2. The van der Waals surface area contributed by atoms with Gasteiger partial charge in [0.1, 0.15) is 49.7 Å². The van der Waals surface area contributed by atoms with Crippen molar-refractivity contribution in [2.24, 2.45) is 0 Å². The molecule has 0 radical (unpaired) electrons. The van der Waals surface area contributed by atoms with E-state index in [2.05, 4.69) is 9.47 Å². The van der Waals surface area contributed by atoms with Gasteiger partial charge in [0.2, 0.25) is 18.0 Å². The molecule has 2 aliphatic rings. The van der Waals surface area contributed by atoms with E-state index in [1.165, 1.54) is 6.92 Å². The number of rotatable bonds is 10. The van der Waals surface area contributed by atoms with E-state index in [0.29, 0.717) is 41.1 Å². The van der Waals surface area contributed by atoms with Gasteiger partial charge < -0.3 is 45.7 Å². The second-order valence-corrected chi connectivity index (χ2v) is 13.0. The molecule has 260 valence electrons. The van der Waals surface area contributed by atoms with Crippen LogP contribution in [0.3, 0.4) is 0 Å². The molecular formula is C36H39BrCl2N4O6. The number of nitrogens with zero attached hydrogens (tertiary/aromatic N) is 4. The normalized spacial score (nSPS) is 19.0. The first-order valence-corrected chi connectivity index (χ1v) is 16.7. The monoisotopic (exact) mass is 772 g/mol. The van der Waals surface area contributed by atoms with Crippen LogP contribution in [0.2, 0.25) is 10.0 Å². The molecule has 49 heavy (non-hydrogen) atoms. The van der Waals surface area contributed by atoms with Crippen molar-refractivity contribution in [3.63, 3.8) is 0 Å². The van der Waals surface area contributed by atoms with Crippen LogP contribution in [-0.2, 0) is 37.9 Å². The van der Waals surface area contributed by atoms with Crippen molar-refractivity contribution < 1.29 is 50.1 Å². The molecule has 3 heterocycles. The predicted molar refractivity (Wildman–Crippen MR) is 182 cm³/mol. The summed E-state index contributed by atoms with van der Waals surface area (Å²) in [5, 5.41) is 0.974. The maximum Gasteiger partial charge on any atom is 0.308 e. The number of aryl methyl sites for hydroxylation is 1. The Balaban J connectivity index is 0.00000468. The zero-order valence-corrected chi connectivity index (χ0v) is 30.7. The van der Waals surface area contributed by atoms with Gasteiger partial charge in [0.05, 0.1) is 11.6 Å². The van der Waals surface area contributed by atoms with Gasteiger partial charge >= 0.3 is 5.97 Å². The van der Waals surface area contributed by atoms with Crippen molar-refractivity contribution in [1.82, 2.24) is 9.47 Å². The number of ether oxygens (including phenoxy) is 4. The van der Waals surface area contributed by atoms with Gasteiger partial charge in [0.25, 0.3) is 0 Å². The molecular weight excluding hydrogens is 735 g/mol. The summed E-state index contributed by atoms with van der Waals surface area (Å²) in [6.45, 7) is 9.54. The Kier molecular flexibility index (Phi) is 11.9. The second kappa shape index (κ2) is 15.9. The molecule has 0 bridgehead atoms. The Morgan fingerprint density at radius 2 is 1.76 bits per heavy atom. The Bertz CT molecular complexity index is 1780. The topological polar surface area (TPSA) is 86.4 Å². The van der Waals surface area contributed by atoms with Crippen molar-refractivity contribution in [2.75, 3.05) is 44.3 Å². The highest BCUT2D eigenvalue weighted by Gasteiger charge is 2.47. The third kappa shape index (κ3) is 8.95. The van der Waals surface area contributed by atoms with Crippen LogP contribution in [0, 0.1) is 6.92 Å². The summed E-state index contributed by atoms with van der Waals surface area (Å²) in [6, 6.07) is 19.1.